The van der Waals surface area contributed by atoms with E-state index in [1.807, 2.05) is 13.8 Å². The van der Waals surface area contributed by atoms with Gasteiger partial charge >= 0.3 is 0 Å². The number of halogens is 1. The molecule has 3 heteroatoms. The molecule has 0 radical (unpaired) electrons. The minimum Gasteiger partial charge on any atom is -0.383 e. The van der Waals surface area contributed by atoms with Crippen molar-refractivity contribution in [2.75, 3.05) is 11.9 Å². The van der Waals surface area contributed by atoms with Crippen LogP contribution in [0.25, 0.3) is 0 Å². The number of anilines is 1. The molecule has 1 N–H and O–H groups in total. The molecular weight excluding hydrogens is 179 g/mol. The number of nitriles is 1. The maximum absolute atomic E-state index is 12.8. The van der Waals surface area contributed by atoms with Gasteiger partial charge in [-0.1, -0.05) is 6.07 Å². The molecule has 0 spiro atoms. The predicted octanol–water partition coefficient (Wildman–Crippen LogP) is 2.79. The number of nitrogens with zero attached hydrogens (tertiary/aromatic N) is 1. The predicted molar refractivity (Wildman–Crippen MR) is 54.3 cm³/mol. The van der Waals surface area contributed by atoms with Gasteiger partial charge in [0.1, 0.15) is 5.82 Å². The minimum atomic E-state index is -0.438. The van der Waals surface area contributed by atoms with Gasteiger partial charge in [0.15, 0.2) is 0 Å². The molecule has 0 unspecified atom stereocenters. The average Bonchev–Trinajstić information content (AvgIpc) is 2.15. The Hall–Kier alpha value is -1.56. The van der Waals surface area contributed by atoms with Gasteiger partial charge in [-0.05, 0) is 32.0 Å². The summed E-state index contributed by atoms with van der Waals surface area (Å²) < 4.78 is 12.8. The Morgan fingerprint density at radius 3 is 2.79 bits per heavy atom. The van der Waals surface area contributed by atoms with Crippen molar-refractivity contribution < 1.29 is 4.39 Å². The second-order valence-corrected chi connectivity index (χ2v) is 3.86. The fourth-order valence-corrected chi connectivity index (χ4v) is 0.961. The molecule has 0 saturated carbocycles. The highest BCUT2D eigenvalue weighted by Crippen LogP contribution is 2.15. The Morgan fingerprint density at radius 2 is 2.21 bits per heavy atom. The number of rotatable bonds is 3. The van der Waals surface area contributed by atoms with Gasteiger partial charge in [-0.15, -0.1) is 0 Å². The largest absolute Gasteiger partial charge is 0.383 e. The van der Waals surface area contributed by atoms with Crippen LogP contribution in [0.1, 0.15) is 13.8 Å². The molecule has 2 nitrogen and oxygen atoms in total. The first-order valence-electron chi connectivity index (χ1n) is 4.44. The monoisotopic (exact) mass is 192 g/mol. The summed E-state index contributed by atoms with van der Waals surface area (Å²) >= 11 is 0. The summed E-state index contributed by atoms with van der Waals surface area (Å²) in [5.74, 6) is -0.273. The van der Waals surface area contributed by atoms with Crippen LogP contribution >= 0.6 is 0 Å². The molecule has 0 aliphatic rings. The number of hydrogen-bond acceptors (Lipinski definition) is 2. The summed E-state index contributed by atoms with van der Waals surface area (Å²) in [7, 11) is 0. The lowest BCUT2D eigenvalue weighted by atomic mass is 9.96. The standard InChI is InChI=1S/C11H13FN2/c1-11(2,7-13)8-14-10-5-3-4-9(12)6-10/h3-6,14H,8H2,1-2H3. The fourth-order valence-electron chi connectivity index (χ4n) is 0.961. The summed E-state index contributed by atoms with van der Waals surface area (Å²) in [6.45, 7) is 4.17. The van der Waals surface area contributed by atoms with E-state index in [1.165, 1.54) is 12.1 Å². The zero-order valence-corrected chi connectivity index (χ0v) is 8.34. The molecule has 1 aromatic rings. The second kappa shape index (κ2) is 4.10. The van der Waals surface area contributed by atoms with E-state index in [1.54, 1.807) is 12.1 Å². The molecule has 1 aromatic carbocycles. The molecule has 0 amide bonds. The zero-order chi connectivity index (χ0) is 10.6. The second-order valence-electron chi connectivity index (χ2n) is 3.86. The summed E-state index contributed by atoms with van der Waals surface area (Å²) in [6, 6.07) is 8.38. The highest BCUT2D eigenvalue weighted by molar-refractivity contribution is 5.43. The van der Waals surface area contributed by atoms with E-state index in [9.17, 15) is 4.39 Å². The van der Waals surface area contributed by atoms with Crippen molar-refractivity contribution in [1.29, 1.82) is 5.26 Å². The van der Waals surface area contributed by atoms with Crippen LogP contribution in [0, 0.1) is 22.6 Å². The van der Waals surface area contributed by atoms with Crippen molar-refractivity contribution in [2.24, 2.45) is 5.41 Å². The maximum atomic E-state index is 12.8. The maximum Gasteiger partial charge on any atom is 0.125 e. The van der Waals surface area contributed by atoms with Crippen LogP contribution in [0.5, 0.6) is 0 Å². The summed E-state index contributed by atoms with van der Waals surface area (Å²) in [5, 5.41) is 11.8. The third-order valence-electron chi connectivity index (χ3n) is 1.86. The molecule has 0 aliphatic carbocycles. The normalized spacial score (nSPS) is 10.7. The van der Waals surface area contributed by atoms with Crippen molar-refractivity contribution in [2.45, 2.75) is 13.8 Å². The highest BCUT2D eigenvalue weighted by atomic mass is 19.1. The molecule has 0 atom stereocenters. The van der Waals surface area contributed by atoms with Crippen molar-refractivity contribution in [1.82, 2.24) is 0 Å². The summed E-state index contributed by atoms with van der Waals surface area (Å²) in [5.41, 5.74) is 0.264. The van der Waals surface area contributed by atoms with Crippen LogP contribution in [-0.4, -0.2) is 6.54 Å². The van der Waals surface area contributed by atoms with Gasteiger partial charge in [0, 0.05) is 12.2 Å². The van der Waals surface area contributed by atoms with Crippen molar-refractivity contribution in [3.05, 3.63) is 30.1 Å². The highest BCUT2D eigenvalue weighted by Gasteiger charge is 2.15. The van der Waals surface area contributed by atoms with Crippen LogP contribution < -0.4 is 5.32 Å². The molecule has 0 fully saturated rings. The number of nitrogens with one attached hydrogen (secondary N) is 1. The van der Waals surface area contributed by atoms with Gasteiger partial charge in [-0.2, -0.15) is 5.26 Å². The van der Waals surface area contributed by atoms with Crippen molar-refractivity contribution in [3.63, 3.8) is 0 Å². The first-order chi connectivity index (χ1) is 6.53. The Labute approximate surface area is 83.4 Å². The minimum absolute atomic E-state index is 0.273. The Balaban J connectivity index is 2.59. The summed E-state index contributed by atoms with van der Waals surface area (Å²) in [6.07, 6.45) is 0. The van der Waals surface area contributed by atoms with Gasteiger partial charge in [-0.25, -0.2) is 4.39 Å². The molecular formula is C11H13FN2. The Bertz CT molecular complexity index is 353. The molecule has 0 aliphatic heterocycles. The van der Waals surface area contributed by atoms with Gasteiger partial charge in [0.05, 0.1) is 11.5 Å². The van der Waals surface area contributed by atoms with E-state index in [2.05, 4.69) is 11.4 Å². The fraction of sp³-hybridized carbons (Fsp3) is 0.364. The quantitative estimate of drug-likeness (QED) is 0.799. The first kappa shape index (κ1) is 10.5. The third-order valence-corrected chi connectivity index (χ3v) is 1.86. The summed E-state index contributed by atoms with van der Waals surface area (Å²) in [4.78, 5) is 0. The van der Waals surface area contributed by atoms with E-state index in [0.29, 0.717) is 12.2 Å². The topological polar surface area (TPSA) is 35.8 Å². The van der Waals surface area contributed by atoms with Gasteiger partial charge < -0.3 is 5.32 Å². The van der Waals surface area contributed by atoms with Gasteiger partial charge in [-0.3, -0.25) is 0 Å². The molecule has 14 heavy (non-hydrogen) atoms. The van der Waals surface area contributed by atoms with E-state index in [0.717, 1.165) is 0 Å². The smallest absolute Gasteiger partial charge is 0.125 e. The molecule has 0 aromatic heterocycles. The van der Waals surface area contributed by atoms with Crippen LogP contribution in [0.3, 0.4) is 0 Å². The number of benzene rings is 1. The van der Waals surface area contributed by atoms with E-state index in [-0.39, 0.29) is 5.82 Å². The van der Waals surface area contributed by atoms with E-state index < -0.39 is 5.41 Å². The SMILES string of the molecule is CC(C)(C#N)CNc1cccc(F)c1. The molecule has 74 valence electrons. The van der Waals surface area contributed by atoms with Crippen LogP contribution in [0.15, 0.2) is 24.3 Å². The molecule has 0 heterocycles. The zero-order valence-electron chi connectivity index (χ0n) is 8.34. The lowest BCUT2D eigenvalue weighted by molar-refractivity contribution is 0.528. The van der Waals surface area contributed by atoms with E-state index in [4.69, 9.17) is 5.26 Å². The van der Waals surface area contributed by atoms with Gasteiger partial charge in [0.2, 0.25) is 0 Å². The molecule has 0 bridgehead atoms. The number of hydrogen-bond donors (Lipinski definition) is 1. The van der Waals surface area contributed by atoms with Gasteiger partial charge in [0.25, 0.3) is 0 Å². The van der Waals surface area contributed by atoms with E-state index >= 15 is 0 Å². The molecule has 0 saturated heterocycles. The van der Waals surface area contributed by atoms with Crippen LogP contribution in [-0.2, 0) is 0 Å². The van der Waals surface area contributed by atoms with Crippen molar-refractivity contribution in [3.8, 4) is 6.07 Å². The molecule has 1 rings (SSSR count). The Morgan fingerprint density at radius 1 is 1.50 bits per heavy atom. The Kier molecular flexibility index (Phi) is 3.08. The average molecular weight is 192 g/mol. The van der Waals surface area contributed by atoms with Crippen molar-refractivity contribution >= 4 is 5.69 Å². The van der Waals surface area contributed by atoms with Crippen LogP contribution in [0.2, 0.25) is 0 Å². The lowest BCUT2D eigenvalue weighted by Gasteiger charge is -2.16. The van der Waals surface area contributed by atoms with Crippen LogP contribution in [0.4, 0.5) is 10.1 Å². The first-order valence-corrected chi connectivity index (χ1v) is 4.44. The lowest BCUT2D eigenvalue weighted by Crippen LogP contribution is -2.20. The third kappa shape index (κ3) is 3.06.